The molecule has 0 amide bonds. The Labute approximate surface area is 121 Å². The standard InChI is InChI=1S/C13H14Cl2N2S/c1-2-17-11(7-9-3-5-16-6-4-9)10-8-12(14)18-13(10)15/h3-6,8,11,17H,2,7H2,1H3. The molecule has 5 heteroatoms. The Kier molecular flexibility index (Phi) is 5.01. The van der Waals surface area contributed by atoms with Gasteiger partial charge in [-0.15, -0.1) is 11.3 Å². The Balaban J connectivity index is 2.21. The van der Waals surface area contributed by atoms with Crippen LogP contribution in [0.5, 0.6) is 0 Å². The van der Waals surface area contributed by atoms with Crippen molar-refractivity contribution in [1.29, 1.82) is 0 Å². The lowest BCUT2D eigenvalue weighted by atomic mass is 10.0. The maximum absolute atomic E-state index is 6.22. The van der Waals surface area contributed by atoms with E-state index in [1.807, 2.05) is 18.2 Å². The molecule has 2 rings (SSSR count). The van der Waals surface area contributed by atoms with E-state index in [1.54, 1.807) is 12.4 Å². The first-order valence-corrected chi connectivity index (χ1v) is 7.35. The summed E-state index contributed by atoms with van der Waals surface area (Å²) in [5, 5.41) is 3.44. The van der Waals surface area contributed by atoms with Crippen molar-refractivity contribution in [3.63, 3.8) is 0 Å². The minimum atomic E-state index is 0.189. The predicted molar refractivity (Wildman–Crippen MR) is 78.7 cm³/mol. The number of rotatable bonds is 5. The van der Waals surface area contributed by atoms with E-state index in [0.29, 0.717) is 0 Å². The number of hydrogen-bond acceptors (Lipinski definition) is 3. The third-order valence-electron chi connectivity index (χ3n) is 2.70. The first-order valence-electron chi connectivity index (χ1n) is 5.77. The number of hydrogen-bond donors (Lipinski definition) is 1. The van der Waals surface area contributed by atoms with Crippen molar-refractivity contribution in [1.82, 2.24) is 10.3 Å². The number of aromatic nitrogens is 1. The zero-order valence-electron chi connectivity index (χ0n) is 9.99. The molecule has 0 saturated heterocycles. The highest BCUT2D eigenvalue weighted by Crippen LogP contribution is 2.36. The topological polar surface area (TPSA) is 24.9 Å². The van der Waals surface area contributed by atoms with Crippen LogP contribution in [0.3, 0.4) is 0 Å². The lowest BCUT2D eigenvalue weighted by molar-refractivity contribution is 0.551. The average molecular weight is 301 g/mol. The van der Waals surface area contributed by atoms with Crippen molar-refractivity contribution < 1.29 is 0 Å². The molecule has 0 aliphatic carbocycles. The molecule has 0 aliphatic rings. The number of pyridine rings is 1. The van der Waals surface area contributed by atoms with Gasteiger partial charge >= 0.3 is 0 Å². The van der Waals surface area contributed by atoms with Gasteiger partial charge in [0.05, 0.1) is 8.67 Å². The Morgan fingerprint density at radius 3 is 2.61 bits per heavy atom. The molecule has 1 atom stereocenters. The Bertz CT molecular complexity index is 499. The fraction of sp³-hybridized carbons (Fsp3) is 0.308. The monoisotopic (exact) mass is 300 g/mol. The van der Waals surface area contributed by atoms with Gasteiger partial charge in [-0.2, -0.15) is 0 Å². The van der Waals surface area contributed by atoms with Crippen LogP contribution < -0.4 is 5.32 Å². The van der Waals surface area contributed by atoms with Gasteiger partial charge in [0.1, 0.15) is 0 Å². The van der Waals surface area contributed by atoms with Crippen LogP contribution in [0.2, 0.25) is 8.67 Å². The van der Waals surface area contributed by atoms with Crippen LogP contribution >= 0.6 is 34.5 Å². The van der Waals surface area contributed by atoms with Gasteiger partial charge < -0.3 is 5.32 Å². The van der Waals surface area contributed by atoms with E-state index < -0.39 is 0 Å². The Hall–Kier alpha value is -0.610. The molecule has 2 nitrogen and oxygen atoms in total. The molecule has 18 heavy (non-hydrogen) atoms. The first kappa shape index (κ1) is 13.8. The molecule has 0 aliphatic heterocycles. The molecule has 0 radical (unpaired) electrons. The van der Waals surface area contributed by atoms with Crippen LogP contribution in [0, 0.1) is 0 Å². The van der Waals surface area contributed by atoms with Crippen LogP contribution in [-0.2, 0) is 6.42 Å². The van der Waals surface area contributed by atoms with Gasteiger partial charge in [0, 0.05) is 24.0 Å². The number of likely N-dealkylation sites (N-methyl/N-ethyl adjacent to an activating group) is 1. The van der Waals surface area contributed by atoms with E-state index in [1.165, 1.54) is 16.9 Å². The van der Waals surface area contributed by atoms with Gasteiger partial charge in [-0.25, -0.2) is 0 Å². The second kappa shape index (κ2) is 6.53. The molecule has 1 N–H and O–H groups in total. The average Bonchev–Trinajstić information content (AvgIpc) is 2.69. The molecule has 2 aromatic rings. The summed E-state index contributed by atoms with van der Waals surface area (Å²) in [5.41, 5.74) is 2.31. The Morgan fingerprint density at radius 2 is 2.06 bits per heavy atom. The summed E-state index contributed by atoms with van der Waals surface area (Å²) in [7, 11) is 0. The molecule has 1 unspecified atom stereocenters. The van der Waals surface area contributed by atoms with E-state index >= 15 is 0 Å². The van der Waals surface area contributed by atoms with Crippen LogP contribution in [0.4, 0.5) is 0 Å². The summed E-state index contributed by atoms with van der Waals surface area (Å²) in [6.45, 7) is 2.97. The van der Waals surface area contributed by atoms with Crippen molar-refractivity contribution >= 4 is 34.5 Å². The molecular weight excluding hydrogens is 287 g/mol. The molecule has 2 aromatic heterocycles. The van der Waals surface area contributed by atoms with Crippen molar-refractivity contribution in [3.8, 4) is 0 Å². The molecular formula is C13H14Cl2N2S. The van der Waals surface area contributed by atoms with Gasteiger partial charge in [-0.05, 0) is 36.7 Å². The summed E-state index contributed by atoms with van der Waals surface area (Å²) < 4.78 is 1.49. The normalized spacial score (nSPS) is 12.6. The second-order valence-corrected chi connectivity index (χ2v) is 6.23. The van der Waals surface area contributed by atoms with Crippen molar-refractivity contribution in [3.05, 3.63) is 50.4 Å². The maximum Gasteiger partial charge on any atom is 0.0992 e. The van der Waals surface area contributed by atoms with Gasteiger partial charge in [-0.3, -0.25) is 4.98 Å². The number of nitrogens with one attached hydrogen (secondary N) is 1. The molecule has 2 heterocycles. The van der Waals surface area contributed by atoms with E-state index in [2.05, 4.69) is 17.2 Å². The quantitative estimate of drug-likeness (QED) is 0.888. The lowest BCUT2D eigenvalue weighted by Crippen LogP contribution is -2.22. The number of nitrogens with zero attached hydrogens (tertiary/aromatic N) is 1. The largest absolute Gasteiger partial charge is 0.310 e. The van der Waals surface area contributed by atoms with E-state index in [-0.39, 0.29) is 6.04 Å². The van der Waals surface area contributed by atoms with Crippen molar-refractivity contribution in [2.45, 2.75) is 19.4 Å². The summed E-state index contributed by atoms with van der Waals surface area (Å²) >= 11 is 13.6. The minimum Gasteiger partial charge on any atom is -0.310 e. The summed E-state index contributed by atoms with van der Waals surface area (Å²) in [6, 6.07) is 6.18. The highest BCUT2D eigenvalue weighted by Gasteiger charge is 2.17. The minimum absolute atomic E-state index is 0.189. The highest BCUT2D eigenvalue weighted by atomic mass is 35.5. The summed E-state index contributed by atoms with van der Waals surface area (Å²) in [6.07, 6.45) is 4.49. The SMILES string of the molecule is CCNC(Cc1ccncc1)c1cc(Cl)sc1Cl. The molecule has 96 valence electrons. The molecule has 0 spiro atoms. The summed E-state index contributed by atoms with van der Waals surface area (Å²) in [5.74, 6) is 0. The van der Waals surface area contributed by atoms with Crippen molar-refractivity contribution in [2.24, 2.45) is 0 Å². The van der Waals surface area contributed by atoms with Gasteiger partial charge in [-0.1, -0.05) is 30.1 Å². The molecule has 0 aromatic carbocycles. The van der Waals surface area contributed by atoms with Gasteiger partial charge in [0.25, 0.3) is 0 Å². The Morgan fingerprint density at radius 1 is 1.33 bits per heavy atom. The van der Waals surface area contributed by atoms with Gasteiger partial charge in [0.2, 0.25) is 0 Å². The molecule has 0 fully saturated rings. The third-order valence-corrected chi connectivity index (χ3v) is 4.22. The summed E-state index contributed by atoms with van der Waals surface area (Å²) in [4.78, 5) is 4.03. The van der Waals surface area contributed by atoms with Crippen LogP contribution in [0.15, 0.2) is 30.6 Å². The third kappa shape index (κ3) is 3.45. The van der Waals surface area contributed by atoms with E-state index in [4.69, 9.17) is 23.2 Å². The fourth-order valence-corrected chi connectivity index (χ4v) is 3.46. The van der Waals surface area contributed by atoms with Gasteiger partial charge in [0.15, 0.2) is 0 Å². The van der Waals surface area contributed by atoms with Crippen LogP contribution in [0.25, 0.3) is 0 Å². The number of thiophene rings is 1. The van der Waals surface area contributed by atoms with Crippen LogP contribution in [0.1, 0.15) is 24.1 Å². The van der Waals surface area contributed by atoms with E-state index in [0.717, 1.165) is 27.2 Å². The lowest BCUT2D eigenvalue weighted by Gasteiger charge is -2.17. The predicted octanol–water partition coefficient (Wildman–Crippen LogP) is 4.34. The molecule has 0 bridgehead atoms. The first-order chi connectivity index (χ1) is 8.70. The van der Waals surface area contributed by atoms with E-state index in [9.17, 15) is 0 Å². The number of halogens is 2. The zero-order chi connectivity index (χ0) is 13.0. The molecule has 0 saturated carbocycles. The maximum atomic E-state index is 6.22. The van der Waals surface area contributed by atoms with Crippen LogP contribution in [-0.4, -0.2) is 11.5 Å². The smallest absolute Gasteiger partial charge is 0.0992 e. The fourth-order valence-electron chi connectivity index (χ4n) is 1.88. The zero-order valence-corrected chi connectivity index (χ0v) is 12.3. The second-order valence-electron chi connectivity index (χ2n) is 3.95. The van der Waals surface area contributed by atoms with Crippen molar-refractivity contribution in [2.75, 3.05) is 6.54 Å². The highest BCUT2D eigenvalue weighted by molar-refractivity contribution is 7.20.